The second-order valence-corrected chi connectivity index (χ2v) is 6.20. The van der Waals surface area contributed by atoms with E-state index in [4.69, 9.17) is 0 Å². The van der Waals surface area contributed by atoms with Gasteiger partial charge in [0.15, 0.2) is 0 Å². The highest BCUT2D eigenvalue weighted by Crippen LogP contribution is 2.39. The molecule has 0 spiro atoms. The van der Waals surface area contributed by atoms with E-state index in [-0.39, 0.29) is 29.0 Å². The number of Topliss-reactive ketones (excluding diaryl/α,β-unsaturated/α-hetero) is 1. The minimum absolute atomic E-state index is 0.00542. The third-order valence-corrected chi connectivity index (χ3v) is 3.97. The molecule has 1 fully saturated rings. The van der Waals surface area contributed by atoms with Gasteiger partial charge in [0, 0.05) is 12.0 Å². The van der Waals surface area contributed by atoms with E-state index in [1.165, 1.54) is 6.07 Å². The third kappa shape index (κ3) is 2.05. The number of carbonyl (C=O) groups excluding carboxylic acids is 1. The van der Waals surface area contributed by atoms with Crippen molar-refractivity contribution in [1.29, 1.82) is 0 Å². The molecule has 1 N–H and O–H groups in total. The van der Waals surface area contributed by atoms with E-state index < -0.39 is 0 Å². The van der Waals surface area contributed by atoms with Crippen LogP contribution in [0.4, 0.5) is 4.39 Å². The van der Waals surface area contributed by atoms with Gasteiger partial charge in [0.2, 0.25) is 0 Å². The normalized spacial score (nSPS) is 28.6. The molecule has 2 aliphatic rings. The fraction of sp³-hybridized carbons (Fsp3) is 0.467. The molecule has 100 valence electrons. The van der Waals surface area contributed by atoms with Crippen LogP contribution in [0, 0.1) is 17.2 Å². The summed E-state index contributed by atoms with van der Waals surface area (Å²) in [5.74, 6) is -0.459. The van der Waals surface area contributed by atoms with Crippen molar-refractivity contribution in [1.82, 2.24) is 5.43 Å². The third-order valence-electron chi connectivity index (χ3n) is 3.97. The lowest BCUT2D eigenvalue weighted by molar-refractivity contribution is -0.126. The van der Waals surface area contributed by atoms with Crippen molar-refractivity contribution in [2.24, 2.45) is 16.4 Å². The molecular formula is C15H17FN2O. The average molecular weight is 260 g/mol. The van der Waals surface area contributed by atoms with E-state index in [0.717, 1.165) is 6.42 Å². The smallest absolute Gasteiger partial charge is 0.144 e. The molecule has 0 unspecified atom stereocenters. The summed E-state index contributed by atoms with van der Waals surface area (Å²) in [4.78, 5) is 12.3. The lowest BCUT2D eigenvalue weighted by atomic mass is 9.68. The summed E-state index contributed by atoms with van der Waals surface area (Å²) in [7, 11) is 0. The van der Waals surface area contributed by atoms with Gasteiger partial charge in [-0.25, -0.2) is 4.39 Å². The highest BCUT2D eigenvalue weighted by molar-refractivity contribution is 6.15. The lowest BCUT2D eigenvalue weighted by Gasteiger charge is -2.36. The molecule has 4 heteroatoms. The van der Waals surface area contributed by atoms with Crippen molar-refractivity contribution in [3.05, 3.63) is 35.6 Å². The zero-order valence-corrected chi connectivity index (χ0v) is 11.1. The predicted octanol–water partition coefficient (Wildman–Crippen LogP) is 2.51. The molecule has 0 aromatic heterocycles. The van der Waals surface area contributed by atoms with E-state index in [9.17, 15) is 9.18 Å². The number of nitrogens with zero attached hydrogens (tertiary/aromatic N) is 1. The fourth-order valence-electron chi connectivity index (χ4n) is 3.17. The fourth-order valence-corrected chi connectivity index (χ4v) is 3.17. The first-order valence-corrected chi connectivity index (χ1v) is 6.59. The predicted molar refractivity (Wildman–Crippen MR) is 71.4 cm³/mol. The van der Waals surface area contributed by atoms with Crippen molar-refractivity contribution in [3.63, 3.8) is 0 Å². The van der Waals surface area contributed by atoms with E-state index in [1.54, 1.807) is 18.2 Å². The number of hydrazone groups is 1. The van der Waals surface area contributed by atoms with Gasteiger partial charge in [0.25, 0.3) is 0 Å². The summed E-state index contributed by atoms with van der Waals surface area (Å²) in [5, 5.41) is 4.23. The van der Waals surface area contributed by atoms with Crippen LogP contribution >= 0.6 is 0 Å². The first-order chi connectivity index (χ1) is 8.98. The standard InChI is InChI=1S/C15H17FN2O/c1-15(2)7-11-13(12(19)8-15)14(18-17-11)9-5-3-4-6-10(9)16/h3-6,11,13,17H,7-8H2,1-2H3/t11-,13-/m0/s1. The van der Waals surface area contributed by atoms with Gasteiger partial charge in [0.1, 0.15) is 11.6 Å². The Balaban J connectivity index is 1.95. The molecule has 0 radical (unpaired) electrons. The Bertz CT molecular complexity index is 565. The summed E-state index contributed by atoms with van der Waals surface area (Å²) in [6.07, 6.45) is 1.41. The molecule has 1 aliphatic heterocycles. The summed E-state index contributed by atoms with van der Waals surface area (Å²) in [5.41, 5.74) is 4.01. The van der Waals surface area contributed by atoms with Crippen molar-refractivity contribution in [2.75, 3.05) is 0 Å². The van der Waals surface area contributed by atoms with Crippen LogP contribution in [-0.4, -0.2) is 17.5 Å². The van der Waals surface area contributed by atoms with Gasteiger partial charge >= 0.3 is 0 Å². The SMILES string of the molecule is CC1(C)CC(=O)[C@H]2C(c3ccccc3F)=NN[C@H]2C1. The van der Waals surface area contributed by atoms with Gasteiger partial charge in [0.05, 0.1) is 17.7 Å². The zero-order chi connectivity index (χ0) is 13.6. The van der Waals surface area contributed by atoms with Crippen LogP contribution in [0.1, 0.15) is 32.3 Å². The molecule has 3 nitrogen and oxygen atoms in total. The Morgan fingerprint density at radius 2 is 2.11 bits per heavy atom. The quantitative estimate of drug-likeness (QED) is 0.843. The van der Waals surface area contributed by atoms with Crippen LogP contribution in [0.2, 0.25) is 0 Å². The maximum Gasteiger partial charge on any atom is 0.144 e. The maximum absolute atomic E-state index is 13.9. The summed E-state index contributed by atoms with van der Waals surface area (Å²) < 4.78 is 13.9. The second kappa shape index (κ2) is 4.15. The number of carbonyl (C=O) groups is 1. The number of fused-ring (bicyclic) bond motifs is 1. The molecule has 1 aromatic carbocycles. The van der Waals surface area contributed by atoms with Gasteiger partial charge in [-0.3, -0.25) is 4.79 Å². The number of rotatable bonds is 1. The summed E-state index contributed by atoms with van der Waals surface area (Å²) >= 11 is 0. The van der Waals surface area contributed by atoms with Crippen LogP contribution < -0.4 is 5.43 Å². The summed E-state index contributed by atoms with van der Waals surface area (Å²) in [6.45, 7) is 4.17. The molecule has 1 aliphatic carbocycles. The molecule has 0 amide bonds. The Labute approximate surface area is 111 Å². The number of hydrogen-bond acceptors (Lipinski definition) is 3. The molecule has 2 atom stereocenters. The van der Waals surface area contributed by atoms with Crippen LogP contribution in [0.25, 0.3) is 0 Å². The minimum atomic E-state index is -0.318. The number of benzene rings is 1. The van der Waals surface area contributed by atoms with Crippen molar-refractivity contribution in [2.45, 2.75) is 32.7 Å². The van der Waals surface area contributed by atoms with Crippen molar-refractivity contribution < 1.29 is 9.18 Å². The first kappa shape index (κ1) is 12.3. The molecular weight excluding hydrogens is 243 g/mol. The molecule has 3 rings (SSSR count). The highest BCUT2D eigenvalue weighted by Gasteiger charge is 2.46. The Morgan fingerprint density at radius 1 is 1.37 bits per heavy atom. The zero-order valence-electron chi connectivity index (χ0n) is 11.1. The lowest BCUT2D eigenvalue weighted by Crippen LogP contribution is -2.45. The van der Waals surface area contributed by atoms with Gasteiger partial charge < -0.3 is 5.43 Å². The van der Waals surface area contributed by atoms with E-state index in [2.05, 4.69) is 24.4 Å². The Kier molecular flexibility index (Phi) is 2.69. The topological polar surface area (TPSA) is 41.5 Å². The van der Waals surface area contributed by atoms with Gasteiger partial charge in [-0.1, -0.05) is 32.0 Å². The van der Waals surface area contributed by atoms with Crippen LogP contribution in [0.5, 0.6) is 0 Å². The second-order valence-electron chi connectivity index (χ2n) is 6.20. The Hall–Kier alpha value is -1.71. The van der Waals surface area contributed by atoms with Crippen LogP contribution in [0.3, 0.4) is 0 Å². The number of hydrogen-bond donors (Lipinski definition) is 1. The van der Waals surface area contributed by atoms with Crippen LogP contribution in [0.15, 0.2) is 29.4 Å². The number of halogens is 1. The average Bonchev–Trinajstić information content (AvgIpc) is 2.71. The van der Waals surface area contributed by atoms with Gasteiger partial charge in [-0.2, -0.15) is 5.10 Å². The molecule has 1 saturated carbocycles. The van der Waals surface area contributed by atoms with Gasteiger partial charge in [-0.15, -0.1) is 0 Å². The van der Waals surface area contributed by atoms with Gasteiger partial charge in [-0.05, 0) is 17.9 Å². The monoisotopic (exact) mass is 260 g/mol. The molecule has 19 heavy (non-hydrogen) atoms. The minimum Gasteiger partial charge on any atom is -0.306 e. The first-order valence-electron chi connectivity index (χ1n) is 6.59. The molecule has 0 bridgehead atoms. The van der Waals surface area contributed by atoms with E-state index in [1.807, 2.05) is 0 Å². The molecule has 1 aromatic rings. The highest BCUT2D eigenvalue weighted by atomic mass is 19.1. The summed E-state index contributed by atoms with van der Waals surface area (Å²) in [6, 6.07) is 6.51. The van der Waals surface area contributed by atoms with Crippen molar-refractivity contribution in [3.8, 4) is 0 Å². The maximum atomic E-state index is 13.9. The Morgan fingerprint density at radius 3 is 2.84 bits per heavy atom. The molecule has 1 heterocycles. The van der Waals surface area contributed by atoms with E-state index in [0.29, 0.717) is 17.7 Å². The van der Waals surface area contributed by atoms with E-state index >= 15 is 0 Å². The van der Waals surface area contributed by atoms with Crippen molar-refractivity contribution >= 4 is 11.5 Å². The number of nitrogens with one attached hydrogen (secondary N) is 1. The molecule has 0 saturated heterocycles. The van der Waals surface area contributed by atoms with Crippen LogP contribution in [-0.2, 0) is 4.79 Å². The number of ketones is 1. The largest absolute Gasteiger partial charge is 0.306 e.